The summed E-state index contributed by atoms with van der Waals surface area (Å²) in [5, 5.41) is 2.67. The molecule has 0 spiro atoms. The third-order valence-corrected chi connectivity index (χ3v) is 2.99. The SMILES string of the molecule is O=C(CSOS(=O)(=O)[O-])Nc1ccc(Cl)nc1.[Na+]. The Kier molecular flexibility index (Phi) is 8.39. The van der Waals surface area contributed by atoms with E-state index in [0.717, 1.165) is 0 Å². The van der Waals surface area contributed by atoms with Crippen LogP contribution in [0.15, 0.2) is 18.3 Å². The molecule has 7 nitrogen and oxygen atoms in total. The average Bonchev–Trinajstić information content (AvgIpc) is 2.19. The molecule has 0 aliphatic rings. The fourth-order valence-corrected chi connectivity index (χ4v) is 1.74. The summed E-state index contributed by atoms with van der Waals surface area (Å²) in [6, 6.07) is 2.99. The fourth-order valence-electron chi connectivity index (χ4n) is 0.783. The van der Waals surface area contributed by atoms with Crippen LogP contribution in [0, 0.1) is 0 Å². The van der Waals surface area contributed by atoms with Crippen molar-refractivity contribution in [2.24, 2.45) is 0 Å². The van der Waals surface area contributed by atoms with Gasteiger partial charge in [0, 0.05) is 12.0 Å². The molecule has 1 rings (SSSR count). The molecule has 1 N–H and O–H groups in total. The molecule has 1 heterocycles. The second-order valence-electron chi connectivity index (χ2n) is 2.66. The van der Waals surface area contributed by atoms with Crippen LogP contribution in [0.25, 0.3) is 0 Å². The Morgan fingerprint density at radius 1 is 1.56 bits per heavy atom. The number of nitrogens with one attached hydrogen (secondary N) is 1. The van der Waals surface area contributed by atoms with E-state index in [0.29, 0.717) is 5.69 Å². The molecule has 1 aromatic heterocycles. The minimum atomic E-state index is -4.80. The zero-order valence-corrected chi connectivity index (χ0v) is 13.5. The standard InChI is InChI=1S/C7H7ClN2O5S2.Na/c8-6-2-1-5(3-9-6)10-7(11)4-16-15-17(12,13)14;/h1-3H,4H2,(H,10,11)(H,12,13,14);/q;+1/p-1. The van der Waals surface area contributed by atoms with E-state index in [9.17, 15) is 17.8 Å². The molecule has 1 aromatic rings. The molecule has 18 heavy (non-hydrogen) atoms. The van der Waals surface area contributed by atoms with Gasteiger partial charge < -0.3 is 9.87 Å². The Labute approximate surface area is 135 Å². The number of rotatable bonds is 5. The predicted molar refractivity (Wildman–Crippen MR) is 61.1 cm³/mol. The van der Waals surface area contributed by atoms with Crippen LogP contribution in [0.3, 0.4) is 0 Å². The summed E-state index contributed by atoms with van der Waals surface area (Å²) in [5.41, 5.74) is 0.394. The van der Waals surface area contributed by atoms with Crippen molar-refractivity contribution in [2.75, 3.05) is 11.1 Å². The minimum Gasteiger partial charge on any atom is -0.725 e. The van der Waals surface area contributed by atoms with Gasteiger partial charge in [-0.15, -0.1) is 0 Å². The van der Waals surface area contributed by atoms with E-state index < -0.39 is 16.3 Å². The maximum atomic E-state index is 11.2. The van der Waals surface area contributed by atoms with E-state index in [1.54, 1.807) is 0 Å². The topological polar surface area (TPSA) is 108 Å². The Hall–Kier alpha value is 0.130. The number of carbonyl (C=O) groups excluding carboxylic acids is 1. The van der Waals surface area contributed by atoms with Gasteiger partial charge in [-0.1, -0.05) is 11.6 Å². The smallest absolute Gasteiger partial charge is 0.725 e. The third-order valence-electron chi connectivity index (χ3n) is 1.33. The molecule has 0 saturated carbocycles. The van der Waals surface area contributed by atoms with E-state index in [1.807, 2.05) is 0 Å². The van der Waals surface area contributed by atoms with E-state index >= 15 is 0 Å². The third kappa shape index (κ3) is 8.27. The van der Waals surface area contributed by atoms with Gasteiger partial charge in [0.25, 0.3) is 0 Å². The van der Waals surface area contributed by atoms with Crippen LogP contribution in [-0.4, -0.2) is 29.6 Å². The van der Waals surface area contributed by atoms with Crippen LogP contribution in [-0.2, 0) is 18.8 Å². The van der Waals surface area contributed by atoms with Crippen LogP contribution in [0.5, 0.6) is 0 Å². The van der Waals surface area contributed by atoms with E-state index in [1.165, 1.54) is 18.3 Å². The zero-order chi connectivity index (χ0) is 12.9. The molecule has 0 fully saturated rings. The largest absolute Gasteiger partial charge is 1.00 e. The van der Waals surface area contributed by atoms with Gasteiger partial charge in [-0.05, 0) is 12.1 Å². The molecule has 0 bridgehead atoms. The van der Waals surface area contributed by atoms with E-state index in [2.05, 4.69) is 13.9 Å². The molecule has 11 heteroatoms. The van der Waals surface area contributed by atoms with Crippen molar-refractivity contribution in [3.05, 3.63) is 23.5 Å². The van der Waals surface area contributed by atoms with Crippen molar-refractivity contribution >= 4 is 45.6 Å². The van der Waals surface area contributed by atoms with Crippen LogP contribution in [0.2, 0.25) is 5.15 Å². The number of hydrogen-bond donors (Lipinski definition) is 1. The molecule has 0 saturated heterocycles. The monoisotopic (exact) mass is 320 g/mol. The Morgan fingerprint density at radius 2 is 2.22 bits per heavy atom. The number of anilines is 1. The molecule has 94 valence electrons. The number of hydrogen-bond acceptors (Lipinski definition) is 7. The van der Waals surface area contributed by atoms with E-state index in [4.69, 9.17) is 11.6 Å². The van der Waals surface area contributed by atoms with Gasteiger partial charge in [-0.3, -0.25) is 4.79 Å². The number of carbonyl (C=O) groups is 1. The zero-order valence-electron chi connectivity index (χ0n) is 9.12. The van der Waals surface area contributed by atoms with Gasteiger partial charge in [0.15, 0.2) is 0 Å². The number of aromatic nitrogens is 1. The Balaban J connectivity index is 0.00000289. The van der Waals surface area contributed by atoms with Gasteiger partial charge in [0.05, 0.1) is 11.9 Å². The van der Waals surface area contributed by atoms with Crippen molar-refractivity contribution in [3.63, 3.8) is 0 Å². The van der Waals surface area contributed by atoms with Gasteiger partial charge in [0.1, 0.15) is 10.9 Å². The number of nitrogens with zero attached hydrogens (tertiary/aromatic N) is 1. The first kappa shape index (κ1) is 18.1. The first-order chi connectivity index (χ1) is 7.87. The van der Waals surface area contributed by atoms with E-state index in [-0.39, 0.29) is 52.5 Å². The number of pyridine rings is 1. The maximum Gasteiger partial charge on any atom is 1.00 e. The molecule has 0 atom stereocenters. The molecule has 0 unspecified atom stereocenters. The Bertz CT molecular complexity index is 495. The van der Waals surface area contributed by atoms with Crippen LogP contribution in [0.1, 0.15) is 0 Å². The van der Waals surface area contributed by atoms with Gasteiger partial charge >= 0.3 is 29.6 Å². The van der Waals surface area contributed by atoms with Crippen molar-refractivity contribution < 1.29 is 51.0 Å². The summed E-state index contributed by atoms with van der Waals surface area (Å²) in [6.07, 6.45) is 1.33. The second-order valence-corrected chi connectivity index (χ2v) is 4.93. The van der Waals surface area contributed by atoms with Crippen molar-refractivity contribution in [1.82, 2.24) is 4.98 Å². The normalized spacial score (nSPS) is 10.6. The maximum absolute atomic E-state index is 11.2. The fraction of sp³-hybridized carbons (Fsp3) is 0.143. The van der Waals surface area contributed by atoms with Gasteiger partial charge in [-0.2, -0.15) is 0 Å². The van der Waals surface area contributed by atoms with Crippen LogP contribution < -0.4 is 34.9 Å². The quantitative estimate of drug-likeness (QED) is 0.216. The summed E-state index contributed by atoms with van der Waals surface area (Å²) in [7, 11) is -4.80. The molecule has 0 aliphatic carbocycles. The van der Waals surface area contributed by atoms with Crippen molar-refractivity contribution in [2.45, 2.75) is 0 Å². The molecule has 1 amide bonds. The first-order valence-electron chi connectivity index (χ1n) is 4.05. The summed E-state index contributed by atoms with van der Waals surface area (Å²) < 4.78 is 34.0. The summed E-state index contributed by atoms with van der Waals surface area (Å²) in [4.78, 5) is 14.9. The summed E-state index contributed by atoms with van der Waals surface area (Å²) >= 11 is 5.76. The van der Waals surface area contributed by atoms with Crippen molar-refractivity contribution in [3.8, 4) is 0 Å². The summed E-state index contributed by atoms with van der Waals surface area (Å²) in [6.45, 7) is 0. The summed E-state index contributed by atoms with van der Waals surface area (Å²) in [5.74, 6) is -0.882. The first-order valence-corrected chi connectivity index (χ1v) is 6.67. The molecular weight excluding hydrogens is 315 g/mol. The van der Waals surface area contributed by atoms with Gasteiger partial charge in [0.2, 0.25) is 16.3 Å². The second kappa shape index (κ2) is 8.33. The Morgan fingerprint density at radius 3 is 2.72 bits per heavy atom. The molecule has 0 radical (unpaired) electrons. The average molecular weight is 321 g/mol. The molecular formula is C7H6ClN2NaO5S2. The number of amides is 1. The predicted octanol–water partition coefficient (Wildman–Crippen LogP) is -2.20. The molecule has 0 aromatic carbocycles. The van der Waals surface area contributed by atoms with Gasteiger partial charge in [-0.25, -0.2) is 17.0 Å². The van der Waals surface area contributed by atoms with Crippen molar-refractivity contribution in [1.29, 1.82) is 0 Å². The minimum absolute atomic E-state index is 0. The molecule has 0 aliphatic heterocycles. The number of halogens is 1. The van der Waals surface area contributed by atoms with Crippen LogP contribution >= 0.6 is 23.6 Å². The van der Waals surface area contributed by atoms with Crippen LogP contribution in [0.4, 0.5) is 5.69 Å².